The molecule has 1 aliphatic heterocycles. The minimum atomic E-state index is -3.81. The molecule has 9 heteroatoms. The molecular formula is C22H22ClN3O4S. The first-order chi connectivity index (χ1) is 14.8. The Balaban J connectivity index is 1.69. The molecule has 1 fully saturated rings. The van der Waals surface area contributed by atoms with Gasteiger partial charge in [-0.15, -0.1) is 0 Å². The molecular weight excluding hydrogens is 438 g/mol. The summed E-state index contributed by atoms with van der Waals surface area (Å²) in [6.45, 7) is 2.33. The number of sulfone groups is 1. The molecule has 0 spiro atoms. The van der Waals surface area contributed by atoms with Gasteiger partial charge in [0.1, 0.15) is 11.9 Å². The molecule has 1 saturated heterocycles. The Kier molecular flexibility index (Phi) is 5.77. The standard InChI is InChI=1S/C22H22ClN3O4S/c1-15-11-21(26(24-15)13-16-7-3-2-4-8-16)25-14-17(12-19(25)22(27)28)31(29,30)20-10-6-5-9-18(20)23/h2-11,17,19H,12-14H2,1H3,(H,27,28). The summed E-state index contributed by atoms with van der Waals surface area (Å²) in [5, 5.41) is 13.6. The van der Waals surface area contributed by atoms with Crippen LogP contribution in [-0.4, -0.2) is 47.1 Å². The first-order valence-corrected chi connectivity index (χ1v) is 11.8. The molecule has 2 atom stereocenters. The average molecular weight is 460 g/mol. The maximum absolute atomic E-state index is 13.3. The van der Waals surface area contributed by atoms with Gasteiger partial charge in [0.05, 0.1) is 27.4 Å². The van der Waals surface area contributed by atoms with Crippen LogP contribution in [-0.2, 0) is 21.2 Å². The topological polar surface area (TPSA) is 92.5 Å². The van der Waals surface area contributed by atoms with Crippen LogP contribution in [0.25, 0.3) is 0 Å². The SMILES string of the molecule is Cc1cc(N2CC(S(=O)(=O)c3ccccc3Cl)CC2C(=O)O)n(Cc2ccccc2)n1. The summed E-state index contributed by atoms with van der Waals surface area (Å²) in [4.78, 5) is 13.7. The van der Waals surface area contributed by atoms with E-state index in [4.69, 9.17) is 11.6 Å². The average Bonchev–Trinajstić information content (AvgIpc) is 3.33. The molecule has 162 valence electrons. The number of anilines is 1. The van der Waals surface area contributed by atoms with Crippen molar-refractivity contribution in [3.8, 4) is 0 Å². The smallest absolute Gasteiger partial charge is 0.326 e. The van der Waals surface area contributed by atoms with Gasteiger partial charge in [0.15, 0.2) is 9.84 Å². The summed E-state index contributed by atoms with van der Waals surface area (Å²) in [7, 11) is -3.81. The second-order valence-corrected chi connectivity index (χ2v) is 10.2. The molecule has 0 saturated carbocycles. The first-order valence-electron chi connectivity index (χ1n) is 9.83. The van der Waals surface area contributed by atoms with Crippen LogP contribution in [0, 0.1) is 6.92 Å². The van der Waals surface area contributed by atoms with Crippen molar-refractivity contribution in [3.05, 3.63) is 76.9 Å². The zero-order valence-corrected chi connectivity index (χ0v) is 18.4. The van der Waals surface area contributed by atoms with Crippen LogP contribution < -0.4 is 4.90 Å². The molecule has 0 bridgehead atoms. The number of carboxylic acid groups (broad SMARTS) is 1. The summed E-state index contributed by atoms with van der Waals surface area (Å²) < 4.78 is 28.2. The van der Waals surface area contributed by atoms with Crippen LogP contribution in [0.4, 0.5) is 5.82 Å². The second-order valence-electron chi connectivity index (χ2n) is 7.63. The van der Waals surface area contributed by atoms with Gasteiger partial charge in [-0.2, -0.15) is 5.10 Å². The summed E-state index contributed by atoms with van der Waals surface area (Å²) in [5.74, 6) is -0.479. The molecule has 1 aliphatic rings. The van der Waals surface area contributed by atoms with E-state index in [-0.39, 0.29) is 22.9 Å². The van der Waals surface area contributed by atoms with Crippen LogP contribution in [0.2, 0.25) is 5.02 Å². The number of aliphatic carboxylic acids is 1. The minimum Gasteiger partial charge on any atom is -0.480 e. The molecule has 7 nitrogen and oxygen atoms in total. The van der Waals surface area contributed by atoms with Crippen molar-refractivity contribution < 1.29 is 18.3 Å². The Hall–Kier alpha value is -2.84. The van der Waals surface area contributed by atoms with E-state index in [9.17, 15) is 18.3 Å². The van der Waals surface area contributed by atoms with E-state index < -0.39 is 27.1 Å². The predicted molar refractivity (Wildman–Crippen MR) is 118 cm³/mol. The molecule has 2 unspecified atom stereocenters. The van der Waals surface area contributed by atoms with Crippen molar-refractivity contribution in [1.82, 2.24) is 9.78 Å². The van der Waals surface area contributed by atoms with Crippen LogP contribution >= 0.6 is 11.6 Å². The highest BCUT2D eigenvalue weighted by molar-refractivity contribution is 7.92. The van der Waals surface area contributed by atoms with Gasteiger partial charge in [0, 0.05) is 12.6 Å². The molecule has 1 N–H and O–H groups in total. The number of carbonyl (C=O) groups is 1. The van der Waals surface area contributed by atoms with Crippen molar-refractivity contribution >= 4 is 33.2 Å². The van der Waals surface area contributed by atoms with Gasteiger partial charge < -0.3 is 10.0 Å². The zero-order chi connectivity index (χ0) is 22.2. The Labute approximate surface area is 185 Å². The van der Waals surface area contributed by atoms with Gasteiger partial charge in [0.2, 0.25) is 0 Å². The minimum absolute atomic E-state index is 0.0293. The van der Waals surface area contributed by atoms with Crippen molar-refractivity contribution in [3.63, 3.8) is 0 Å². The maximum atomic E-state index is 13.3. The summed E-state index contributed by atoms with van der Waals surface area (Å²) >= 11 is 6.14. The first kappa shape index (κ1) is 21.4. The van der Waals surface area contributed by atoms with E-state index in [1.165, 1.54) is 12.1 Å². The van der Waals surface area contributed by atoms with Crippen molar-refractivity contribution in [2.45, 2.75) is 36.1 Å². The molecule has 2 heterocycles. The number of benzene rings is 2. The molecule has 0 radical (unpaired) electrons. The molecule has 31 heavy (non-hydrogen) atoms. The van der Waals surface area contributed by atoms with E-state index in [1.54, 1.807) is 27.8 Å². The molecule has 0 amide bonds. The fourth-order valence-corrected chi connectivity index (χ4v) is 6.22. The van der Waals surface area contributed by atoms with Gasteiger partial charge in [-0.05, 0) is 31.0 Å². The fraction of sp³-hybridized carbons (Fsp3) is 0.273. The van der Waals surface area contributed by atoms with Crippen molar-refractivity contribution in [2.75, 3.05) is 11.4 Å². The molecule has 4 rings (SSSR count). The number of aromatic nitrogens is 2. The van der Waals surface area contributed by atoms with E-state index in [0.29, 0.717) is 12.4 Å². The Morgan fingerprint density at radius 3 is 2.52 bits per heavy atom. The number of aryl methyl sites for hydroxylation is 1. The van der Waals surface area contributed by atoms with Crippen LogP contribution in [0.1, 0.15) is 17.7 Å². The van der Waals surface area contributed by atoms with Gasteiger partial charge >= 0.3 is 5.97 Å². The highest BCUT2D eigenvalue weighted by Crippen LogP contribution is 2.34. The summed E-state index contributed by atoms with van der Waals surface area (Å²) in [6.07, 6.45) is -0.0293. The van der Waals surface area contributed by atoms with Gasteiger partial charge in [-0.1, -0.05) is 54.1 Å². The maximum Gasteiger partial charge on any atom is 0.326 e. The van der Waals surface area contributed by atoms with Gasteiger partial charge in [-0.3, -0.25) is 0 Å². The van der Waals surface area contributed by atoms with Gasteiger partial charge in [0.25, 0.3) is 0 Å². The van der Waals surface area contributed by atoms with Crippen LogP contribution in [0.3, 0.4) is 0 Å². The Morgan fingerprint density at radius 1 is 1.16 bits per heavy atom. The fourth-order valence-electron chi connectivity index (χ4n) is 4.00. The Morgan fingerprint density at radius 2 is 1.84 bits per heavy atom. The van der Waals surface area contributed by atoms with Crippen LogP contribution in [0.15, 0.2) is 65.6 Å². The number of hydrogen-bond donors (Lipinski definition) is 1. The number of rotatable bonds is 6. The summed E-state index contributed by atoms with van der Waals surface area (Å²) in [5.41, 5.74) is 1.74. The highest BCUT2D eigenvalue weighted by Gasteiger charge is 2.45. The van der Waals surface area contributed by atoms with Gasteiger partial charge in [-0.25, -0.2) is 17.9 Å². The van der Waals surface area contributed by atoms with E-state index in [2.05, 4.69) is 5.10 Å². The van der Waals surface area contributed by atoms with Crippen molar-refractivity contribution in [1.29, 1.82) is 0 Å². The predicted octanol–water partition coefficient (Wildman–Crippen LogP) is 3.40. The number of halogens is 1. The third-order valence-electron chi connectivity index (χ3n) is 5.48. The third-order valence-corrected chi connectivity index (χ3v) is 8.11. The van der Waals surface area contributed by atoms with E-state index in [0.717, 1.165) is 11.3 Å². The number of nitrogens with zero attached hydrogens (tertiary/aromatic N) is 3. The largest absolute Gasteiger partial charge is 0.480 e. The number of carboxylic acids is 1. The van der Waals surface area contributed by atoms with Crippen molar-refractivity contribution in [2.24, 2.45) is 0 Å². The monoisotopic (exact) mass is 459 g/mol. The number of hydrogen-bond acceptors (Lipinski definition) is 5. The second kappa shape index (κ2) is 8.36. The Bertz CT molecular complexity index is 1210. The lowest BCUT2D eigenvalue weighted by molar-refractivity contribution is -0.138. The lowest BCUT2D eigenvalue weighted by Gasteiger charge is -2.24. The zero-order valence-electron chi connectivity index (χ0n) is 16.8. The highest BCUT2D eigenvalue weighted by atomic mass is 35.5. The lowest BCUT2D eigenvalue weighted by atomic mass is 10.2. The van der Waals surface area contributed by atoms with E-state index >= 15 is 0 Å². The molecule has 1 aromatic heterocycles. The van der Waals surface area contributed by atoms with Crippen LogP contribution in [0.5, 0.6) is 0 Å². The molecule has 2 aromatic carbocycles. The lowest BCUT2D eigenvalue weighted by Crippen LogP contribution is -2.37. The molecule has 0 aliphatic carbocycles. The van der Waals surface area contributed by atoms with E-state index in [1.807, 2.05) is 37.3 Å². The summed E-state index contributed by atoms with van der Waals surface area (Å²) in [6, 6.07) is 16.8. The normalized spacial score (nSPS) is 19.0. The quantitative estimate of drug-likeness (QED) is 0.607. The third kappa shape index (κ3) is 4.18. The molecule has 3 aromatic rings.